The van der Waals surface area contributed by atoms with Crippen LogP contribution in [0.25, 0.3) is 0 Å². The van der Waals surface area contributed by atoms with Crippen LogP contribution in [0, 0.1) is 0 Å². The normalized spacial score (nSPS) is 13.1. The van der Waals surface area contributed by atoms with Crippen LogP contribution in [0.4, 0.5) is 5.82 Å². The van der Waals surface area contributed by atoms with Gasteiger partial charge in [0, 0.05) is 12.1 Å². The van der Waals surface area contributed by atoms with Gasteiger partial charge in [-0.2, -0.15) is 0 Å². The maximum atomic E-state index is 12.5. The highest BCUT2D eigenvalue weighted by Gasteiger charge is 2.28. The van der Waals surface area contributed by atoms with Gasteiger partial charge in [-0.15, -0.1) is 0 Å². The molecule has 2 heterocycles. The highest BCUT2D eigenvalue weighted by molar-refractivity contribution is 6.01. The smallest absolute Gasteiger partial charge is 0.337 e. The summed E-state index contributed by atoms with van der Waals surface area (Å²) in [6, 6.07) is 10.4. The Labute approximate surface area is 127 Å². The Balaban J connectivity index is 1.83. The number of nitrogens with zero attached hydrogens (tertiary/aromatic N) is 2. The van der Waals surface area contributed by atoms with E-state index in [2.05, 4.69) is 9.72 Å². The molecule has 0 saturated carbocycles. The number of amides is 1. The molecule has 0 bridgehead atoms. The van der Waals surface area contributed by atoms with Crippen molar-refractivity contribution in [2.45, 2.75) is 13.1 Å². The fourth-order valence-corrected chi connectivity index (χ4v) is 2.52. The summed E-state index contributed by atoms with van der Waals surface area (Å²) in [5.74, 6) is -0.147. The SMILES string of the molecule is COC(=O)c1ccc2c(c1)C(=O)N(Cc1cccc(N)n1)C2. The molecular formula is C16H15N3O3. The third-order valence-electron chi connectivity index (χ3n) is 3.59. The van der Waals surface area contributed by atoms with Gasteiger partial charge in [-0.25, -0.2) is 9.78 Å². The highest BCUT2D eigenvalue weighted by atomic mass is 16.5. The summed E-state index contributed by atoms with van der Waals surface area (Å²) in [5.41, 5.74) is 8.18. The van der Waals surface area contributed by atoms with Crippen molar-refractivity contribution in [1.82, 2.24) is 9.88 Å². The minimum Gasteiger partial charge on any atom is -0.465 e. The topological polar surface area (TPSA) is 85.5 Å². The number of carbonyl (C=O) groups is 2. The average Bonchev–Trinajstić information content (AvgIpc) is 2.82. The number of rotatable bonds is 3. The van der Waals surface area contributed by atoms with Crippen LogP contribution in [0.2, 0.25) is 0 Å². The van der Waals surface area contributed by atoms with Crippen LogP contribution >= 0.6 is 0 Å². The fourth-order valence-electron chi connectivity index (χ4n) is 2.52. The molecule has 1 amide bonds. The van der Waals surface area contributed by atoms with E-state index in [0.29, 0.717) is 30.0 Å². The number of esters is 1. The van der Waals surface area contributed by atoms with E-state index in [0.717, 1.165) is 11.3 Å². The van der Waals surface area contributed by atoms with Gasteiger partial charge in [0.1, 0.15) is 5.82 Å². The van der Waals surface area contributed by atoms with E-state index in [9.17, 15) is 9.59 Å². The minimum absolute atomic E-state index is 0.120. The zero-order valence-corrected chi connectivity index (χ0v) is 12.1. The first kappa shape index (κ1) is 14.1. The van der Waals surface area contributed by atoms with Crippen molar-refractivity contribution in [3.63, 3.8) is 0 Å². The highest BCUT2D eigenvalue weighted by Crippen LogP contribution is 2.25. The molecule has 3 rings (SSSR count). The standard InChI is InChI=1S/C16H15N3O3/c1-22-16(21)10-5-6-11-8-19(15(20)13(11)7-10)9-12-3-2-4-14(17)18-12/h2-7H,8-9H2,1H3,(H2,17,18). The first-order valence-electron chi connectivity index (χ1n) is 6.80. The van der Waals surface area contributed by atoms with Gasteiger partial charge in [0.25, 0.3) is 5.91 Å². The summed E-state index contributed by atoms with van der Waals surface area (Å²) in [5, 5.41) is 0. The number of nitrogens with two attached hydrogens (primary N) is 1. The number of aromatic nitrogens is 1. The lowest BCUT2D eigenvalue weighted by Gasteiger charge is -2.15. The number of nitrogen functional groups attached to an aromatic ring is 1. The first-order chi connectivity index (χ1) is 10.6. The van der Waals surface area contributed by atoms with Gasteiger partial charge in [0.2, 0.25) is 0 Å². The monoisotopic (exact) mass is 297 g/mol. The number of anilines is 1. The Morgan fingerprint density at radius 1 is 1.36 bits per heavy atom. The Bertz CT molecular complexity index is 758. The molecule has 1 aliphatic rings. The molecule has 2 aromatic rings. The Hall–Kier alpha value is -2.89. The van der Waals surface area contributed by atoms with Crippen molar-refractivity contribution >= 4 is 17.7 Å². The van der Waals surface area contributed by atoms with Crippen LogP contribution in [0.1, 0.15) is 32.0 Å². The number of hydrogen-bond donors (Lipinski definition) is 1. The quantitative estimate of drug-likeness (QED) is 0.870. The number of hydrogen-bond acceptors (Lipinski definition) is 5. The second-order valence-electron chi connectivity index (χ2n) is 5.08. The predicted octanol–water partition coefficient (Wildman–Crippen LogP) is 1.61. The Kier molecular flexibility index (Phi) is 3.50. The van der Waals surface area contributed by atoms with E-state index in [1.165, 1.54) is 7.11 Å². The number of ether oxygens (including phenoxy) is 1. The van der Waals surface area contributed by atoms with Crippen LogP contribution < -0.4 is 5.73 Å². The number of methoxy groups -OCH3 is 1. The molecule has 0 fully saturated rings. The molecule has 1 aliphatic heterocycles. The molecule has 0 unspecified atom stereocenters. The van der Waals surface area contributed by atoms with E-state index in [4.69, 9.17) is 5.73 Å². The Morgan fingerprint density at radius 2 is 2.18 bits per heavy atom. The second kappa shape index (κ2) is 5.48. The maximum absolute atomic E-state index is 12.5. The number of carbonyl (C=O) groups excluding carboxylic acids is 2. The van der Waals surface area contributed by atoms with Crippen LogP contribution in [-0.4, -0.2) is 28.9 Å². The van der Waals surface area contributed by atoms with Crippen molar-refractivity contribution < 1.29 is 14.3 Å². The second-order valence-corrected chi connectivity index (χ2v) is 5.08. The van der Waals surface area contributed by atoms with Gasteiger partial charge in [-0.05, 0) is 29.8 Å². The van der Waals surface area contributed by atoms with Crippen molar-refractivity contribution in [2.75, 3.05) is 12.8 Å². The van der Waals surface area contributed by atoms with E-state index in [1.807, 2.05) is 6.07 Å². The largest absolute Gasteiger partial charge is 0.465 e. The van der Waals surface area contributed by atoms with Gasteiger partial charge in [-0.3, -0.25) is 4.79 Å². The minimum atomic E-state index is -0.452. The van der Waals surface area contributed by atoms with E-state index >= 15 is 0 Å². The van der Waals surface area contributed by atoms with E-state index < -0.39 is 5.97 Å². The van der Waals surface area contributed by atoms with Crippen LogP contribution in [0.3, 0.4) is 0 Å². The molecule has 0 aliphatic carbocycles. The van der Waals surface area contributed by atoms with Gasteiger partial charge in [-0.1, -0.05) is 12.1 Å². The summed E-state index contributed by atoms with van der Waals surface area (Å²) in [7, 11) is 1.31. The fraction of sp³-hybridized carbons (Fsp3) is 0.188. The van der Waals surface area contributed by atoms with Crippen molar-refractivity contribution in [3.8, 4) is 0 Å². The lowest BCUT2D eigenvalue weighted by molar-refractivity contribution is 0.0600. The average molecular weight is 297 g/mol. The van der Waals surface area contributed by atoms with Crippen LogP contribution in [-0.2, 0) is 17.8 Å². The zero-order chi connectivity index (χ0) is 15.7. The van der Waals surface area contributed by atoms with Crippen LogP contribution in [0.15, 0.2) is 36.4 Å². The third-order valence-corrected chi connectivity index (χ3v) is 3.59. The molecule has 0 saturated heterocycles. The van der Waals surface area contributed by atoms with Gasteiger partial charge in [0.05, 0.1) is 24.9 Å². The lowest BCUT2D eigenvalue weighted by atomic mass is 10.1. The van der Waals surface area contributed by atoms with E-state index in [1.54, 1.807) is 35.2 Å². The summed E-state index contributed by atoms with van der Waals surface area (Å²) >= 11 is 0. The summed E-state index contributed by atoms with van der Waals surface area (Å²) in [6.07, 6.45) is 0. The molecule has 1 aromatic carbocycles. The molecule has 0 spiro atoms. The van der Waals surface area contributed by atoms with Crippen molar-refractivity contribution in [2.24, 2.45) is 0 Å². The molecule has 112 valence electrons. The molecule has 6 nitrogen and oxygen atoms in total. The molecule has 22 heavy (non-hydrogen) atoms. The molecular weight excluding hydrogens is 282 g/mol. The summed E-state index contributed by atoms with van der Waals surface area (Å²) in [4.78, 5) is 29.9. The molecule has 2 N–H and O–H groups in total. The molecule has 0 atom stereocenters. The maximum Gasteiger partial charge on any atom is 0.337 e. The lowest BCUT2D eigenvalue weighted by Crippen LogP contribution is -2.24. The van der Waals surface area contributed by atoms with Crippen molar-refractivity contribution in [1.29, 1.82) is 0 Å². The predicted molar refractivity (Wildman–Crippen MR) is 80.0 cm³/mol. The number of fused-ring (bicyclic) bond motifs is 1. The van der Waals surface area contributed by atoms with Crippen molar-refractivity contribution in [3.05, 3.63) is 58.8 Å². The van der Waals surface area contributed by atoms with Gasteiger partial charge in [0.15, 0.2) is 0 Å². The number of pyridine rings is 1. The number of benzene rings is 1. The first-order valence-corrected chi connectivity index (χ1v) is 6.80. The third kappa shape index (κ3) is 2.50. The molecule has 1 aromatic heterocycles. The molecule has 0 radical (unpaired) electrons. The van der Waals surface area contributed by atoms with E-state index in [-0.39, 0.29) is 5.91 Å². The Morgan fingerprint density at radius 3 is 2.91 bits per heavy atom. The summed E-state index contributed by atoms with van der Waals surface area (Å²) < 4.78 is 4.68. The molecule has 6 heteroatoms. The van der Waals surface area contributed by atoms with Gasteiger partial charge < -0.3 is 15.4 Å². The zero-order valence-electron chi connectivity index (χ0n) is 12.1. The summed E-state index contributed by atoms with van der Waals surface area (Å²) in [6.45, 7) is 0.873. The van der Waals surface area contributed by atoms with Gasteiger partial charge >= 0.3 is 5.97 Å². The van der Waals surface area contributed by atoms with Crippen LogP contribution in [0.5, 0.6) is 0 Å².